The van der Waals surface area contributed by atoms with E-state index in [9.17, 15) is 14.4 Å². The first-order valence-corrected chi connectivity index (χ1v) is 11.5. The number of rotatable bonds is 8. The Kier molecular flexibility index (Phi) is 6.50. The van der Waals surface area contributed by atoms with Gasteiger partial charge in [0.25, 0.3) is 11.8 Å². The molecule has 3 aromatic carbocycles. The van der Waals surface area contributed by atoms with Gasteiger partial charge in [-0.2, -0.15) is 0 Å². The van der Waals surface area contributed by atoms with E-state index in [-0.39, 0.29) is 24.7 Å². The monoisotopic (exact) mass is 493 g/mol. The Morgan fingerprint density at radius 3 is 2.51 bits per heavy atom. The van der Waals surface area contributed by atoms with Crippen molar-refractivity contribution in [1.29, 1.82) is 0 Å². The van der Waals surface area contributed by atoms with E-state index in [1.807, 2.05) is 30.3 Å². The van der Waals surface area contributed by atoms with E-state index >= 15 is 0 Å². The fraction of sp³-hybridized carbons (Fsp3) is 0.0714. The van der Waals surface area contributed by atoms with Gasteiger partial charge in [0.05, 0.1) is 12.1 Å². The van der Waals surface area contributed by atoms with Crippen LogP contribution in [0, 0.1) is 0 Å². The Bertz CT molecular complexity index is 1670. The van der Waals surface area contributed by atoms with Gasteiger partial charge in [-0.1, -0.05) is 42.5 Å². The molecule has 0 unspecified atom stereocenters. The second-order valence-corrected chi connectivity index (χ2v) is 8.37. The van der Waals surface area contributed by atoms with Crippen LogP contribution in [0.5, 0.6) is 5.75 Å². The van der Waals surface area contributed by atoms with E-state index in [0.29, 0.717) is 28.2 Å². The largest absolute Gasteiger partial charge is 0.488 e. The molecule has 0 aliphatic rings. The highest BCUT2D eigenvalue weighted by molar-refractivity contribution is 6.04. The third-order valence-corrected chi connectivity index (χ3v) is 5.74. The lowest BCUT2D eigenvalue weighted by Crippen LogP contribution is -2.21. The Morgan fingerprint density at radius 2 is 1.68 bits per heavy atom. The molecule has 0 saturated carbocycles. The summed E-state index contributed by atoms with van der Waals surface area (Å²) in [6.07, 6.45) is 1.67. The number of primary amides is 1. The first-order valence-electron chi connectivity index (χ1n) is 11.5. The molecule has 0 bridgehead atoms. The fourth-order valence-electron chi connectivity index (χ4n) is 3.95. The van der Waals surface area contributed by atoms with Crippen LogP contribution in [-0.4, -0.2) is 26.0 Å². The average Bonchev–Trinajstić information content (AvgIpc) is 3.23. The Balaban J connectivity index is 1.27. The van der Waals surface area contributed by atoms with Crippen molar-refractivity contribution in [1.82, 2.24) is 14.2 Å². The lowest BCUT2D eigenvalue weighted by atomic mass is 10.1. The topological polar surface area (TPSA) is 121 Å². The molecule has 9 nitrogen and oxygen atoms in total. The Morgan fingerprint density at radius 1 is 0.892 bits per heavy atom. The molecule has 37 heavy (non-hydrogen) atoms. The first-order chi connectivity index (χ1) is 18.0. The number of ether oxygens (including phenoxy) is 1. The van der Waals surface area contributed by atoms with Gasteiger partial charge >= 0.3 is 5.69 Å². The molecule has 0 aliphatic carbocycles. The van der Waals surface area contributed by atoms with Crippen molar-refractivity contribution >= 4 is 23.1 Å². The van der Waals surface area contributed by atoms with Gasteiger partial charge in [0.15, 0.2) is 5.65 Å². The number of fused-ring (bicyclic) bond motifs is 1. The predicted octanol–water partition coefficient (Wildman–Crippen LogP) is 3.47. The molecular weight excluding hydrogens is 470 g/mol. The standard InChI is InChI=1S/C28H23N5O4/c29-26(34)23-11-1-2-12-24(23)37-18-20-8-5-9-21(15-20)27(35)30-22-10-6-7-19(16-22)17-33-28(36)32-14-4-3-13-25(32)31-33/h1-16H,17-18H2,(H2,29,34)(H,30,35). The van der Waals surface area contributed by atoms with Crippen molar-refractivity contribution in [3.05, 3.63) is 130 Å². The zero-order valence-corrected chi connectivity index (χ0v) is 19.7. The summed E-state index contributed by atoms with van der Waals surface area (Å²) in [6, 6.07) is 26.4. The van der Waals surface area contributed by atoms with Crippen molar-refractivity contribution in [3.63, 3.8) is 0 Å². The second-order valence-electron chi connectivity index (χ2n) is 8.37. The number of anilines is 1. The number of hydrogen-bond acceptors (Lipinski definition) is 5. The number of para-hydroxylation sites is 1. The number of nitrogens with one attached hydrogen (secondary N) is 1. The summed E-state index contributed by atoms with van der Waals surface area (Å²) in [4.78, 5) is 37.1. The van der Waals surface area contributed by atoms with Gasteiger partial charge in [0, 0.05) is 17.4 Å². The number of carbonyl (C=O) groups is 2. The number of aromatic nitrogens is 3. The summed E-state index contributed by atoms with van der Waals surface area (Å²) in [5.74, 6) is -0.482. The van der Waals surface area contributed by atoms with E-state index in [2.05, 4.69) is 10.4 Å². The summed E-state index contributed by atoms with van der Waals surface area (Å²) < 4.78 is 8.64. The maximum absolute atomic E-state index is 12.9. The van der Waals surface area contributed by atoms with Gasteiger partial charge < -0.3 is 15.8 Å². The van der Waals surface area contributed by atoms with E-state index in [1.165, 1.54) is 9.08 Å². The van der Waals surface area contributed by atoms with Crippen LogP contribution >= 0.6 is 0 Å². The average molecular weight is 494 g/mol. The van der Waals surface area contributed by atoms with Crippen molar-refractivity contribution in [2.45, 2.75) is 13.2 Å². The van der Waals surface area contributed by atoms with Crippen LogP contribution in [-0.2, 0) is 13.2 Å². The molecular formula is C28H23N5O4. The molecule has 0 saturated heterocycles. The molecule has 0 radical (unpaired) electrons. The number of carbonyl (C=O) groups excluding carboxylic acids is 2. The fourth-order valence-corrected chi connectivity index (χ4v) is 3.95. The van der Waals surface area contributed by atoms with Crippen LogP contribution in [0.4, 0.5) is 5.69 Å². The van der Waals surface area contributed by atoms with Gasteiger partial charge in [-0.3, -0.25) is 14.0 Å². The third kappa shape index (κ3) is 5.25. The van der Waals surface area contributed by atoms with Gasteiger partial charge in [0.2, 0.25) is 0 Å². The molecule has 2 heterocycles. The molecule has 0 fully saturated rings. The highest BCUT2D eigenvalue weighted by Crippen LogP contribution is 2.20. The Hall–Kier alpha value is -5.18. The van der Waals surface area contributed by atoms with Gasteiger partial charge in [-0.25, -0.2) is 9.48 Å². The molecule has 0 atom stereocenters. The lowest BCUT2D eigenvalue weighted by Gasteiger charge is -2.11. The summed E-state index contributed by atoms with van der Waals surface area (Å²) >= 11 is 0. The molecule has 3 N–H and O–H groups in total. The quantitative estimate of drug-likeness (QED) is 0.343. The van der Waals surface area contributed by atoms with Gasteiger partial charge in [-0.15, -0.1) is 5.10 Å². The van der Waals surface area contributed by atoms with Crippen LogP contribution in [0.3, 0.4) is 0 Å². The molecule has 0 spiro atoms. The molecule has 2 aromatic heterocycles. The van der Waals surface area contributed by atoms with E-state index in [4.69, 9.17) is 10.5 Å². The van der Waals surface area contributed by atoms with Crippen LogP contribution in [0.15, 0.2) is 102 Å². The highest BCUT2D eigenvalue weighted by atomic mass is 16.5. The highest BCUT2D eigenvalue weighted by Gasteiger charge is 2.11. The SMILES string of the molecule is NC(=O)c1ccccc1OCc1cccc(C(=O)Nc2cccc(Cn3nc4ccccn4c3=O)c2)c1. The maximum Gasteiger partial charge on any atom is 0.350 e. The summed E-state index contributed by atoms with van der Waals surface area (Å²) in [5, 5.41) is 7.25. The number of pyridine rings is 1. The summed E-state index contributed by atoms with van der Waals surface area (Å²) in [5.41, 5.74) is 8.65. The number of nitrogens with two attached hydrogens (primary N) is 1. The third-order valence-electron chi connectivity index (χ3n) is 5.74. The van der Waals surface area contributed by atoms with Crippen LogP contribution in [0.2, 0.25) is 0 Å². The van der Waals surface area contributed by atoms with E-state index < -0.39 is 5.91 Å². The second kappa shape index (κ2) is 10.2. The number of nitrogens with zero attached hydrogens (tertiary/aromatic N) is 3. The molecule has 5 aromatic rings. The minimum atomic E-state index is -0.572. The summed E-state index contributed by atoms with van der Waals surface area (Å²) in [6.45, 7) is 0.429. The smallest absolute Gasteiger partial charge is 0.350 e. The van der Waals surface area contributed by atoms with Crippen molar-refractivity contribution in [2.24, 2.45) is 5.73 Å². The zero-order chi connectivity index (χ0) is 25.8. The first kappa shape index (κ1) is 23.6. The van der Waals surface area contributed by atoms with Gasteiger partial charge in [0.1, 0.15) is 12.4 Å². The van der Waals surface area contributed by atoms with Crippen LogP contribution < -0.4 is 21.5 Å². The minimum absolute atomic E-state index is 0.161. The minimum Gasteiger partial charge on any atom is -0.488 e. The molecule has 0 aliphatic heterocycles. The van der Waals surface area contributed by atoms with Crippen molar-refractivity contribution < 1.29 is 14.3 Å². The molecule has 5 rings (SSSR count). The van der Waals surface area contributed by atoms with E-state index in [0.717, 1.165) is 11.1 Å². The maximum atomic E-state index is 12.9. The predicted molar refractivity (Wildman–Crippen MR) is 139 cm³/mol. The Labute approximate surface area is 211 Å². The molecule has 2 amide bonds. The summed E-state index contributed by atoms with van der Waals surface area (Å²) in [7, 11) is 0. The van der Waals surface area contributed by atoms with Crippen LogP contribution in [0.1, 0.15) is 31.8 Å². The number of benzene rings is 3. The number of hydrogen-bond donors (Lipinski definition) is 2. The molecule has 9 heteroatoms. The van der Waals surface area contributed by atoms with Crippen molar-refractivity contribution in [3.8, 4) is 5.75 Å². The van der Waals surface area contributed by atoms with Crippen molar-refractivity contribution in [2.75, 3.05) is 5.32 Å². The normalized spacial score (nSPS) is 10.8. The zero-order valence-electron chi connectivity index (χ0n) is 19.7. The molecule has 184 valence electrons. The van der Waals surface area contributed by atoms with E-state index in [1.54, 1.807) is 66.9 Å². The number of amides is 2. The van der Waals surface area contributed by atoms with Crippen LogP contribution in [0.25, 0.3) is 5.65 Å². The van der Waals surface area contributed by atoms with Gasteiger partial charge in [-0.05, 0) is 59.7 Å². The lowest BCUT2D eigenvalue weighted by molar-refractivity contribution is 0.0994.